The van der Waals surface area contributed by atoms with Gasteiger partial charge in [-0.15, -0.1) is 5.10 Å². The lowest BCUT2D eigenvalue weighted by molar-refractivity contribution is -0.150. The topological polar surface area (TPSA) is 139 Å². The summed E-state index contributed by atoms with van der Waals surface area (Å²) in [6.45, 7) is 1.57. The third kappa shape index (κ3) is 4.21. The smallest absolute Gasteiger partial charge is 0.247 e. The maximum atomic E-state index is 14.6. The number of hydrogen-bond acceptors (Lipinski definition) is 7. The molecule has 0 saturated carbocycles. The van der Waals surface area contributed by atoms with Gasteiger partial charge in [0.25, 0.3) is 0 Å². The Morgan fingerprint density at radius 1 is 1.00 bits per heavy atom. The molecule has 3 aliphatic heterocycles. The first-order chi connectivity index (χ1) is 21.4. The summed E-state index contributed by atoms with van der Waals surface area (Å²) < 4.78 is 8.45. The molecule has 0 aliphatic carbocycles. The Hall–Kier alpha value is -4.61. The van der Waals surface area contributed by atoms with E-state index in [1.54, 1.807) is 16.8 Å². The zero-order chi connectivity index (χ0) is 30.5. The molecule has 3 aliphatic rings. The first-order valence-electron chi connectivity index (χ1n) is 15.0. The lowest BCUT2D eigenvalue weighted by Crippen LogP contribution is -2.56. The number of hydrogen-bond donors (Lipinski definition) is 3. The molecule has 3 fully saturated rings. The predicted octanol–water partition coefficient (Wildman–Crippen LogP) is 3.03. The van der Waals surface area contributed by atoms with Crippen LogP contribution in [-0.4, -0.2) is 66.6 Å². The van der Waals surface area contributed by atoms with E-state index in [4.69, 9.17) is 4.74 Å². The molecule has 3 aromatic carbocycles. The van der Waals surface area contributed by atoms with Crippen molar-refractivity contribution >= 4 is 34.4 Å². The van der Waals surface area contributed by atoms with Gasteiger partial charge in [-0.3, -0.25) is 14.4 Å². The molecule has 3 saturated heterocycles. The summed E-state index contributed by atoms with van der Waals surface area (Å²) in [6.07, 6.45) is 1.47. The fraction of sp³-hybridized carbons (Fsp3) is 0.364. The number of likely N-dealkylation sites (tertiary alicyclic amines) is 1. The van der Waals surface area contributed by atoms with Gasteiger partial charge < -0.3 is 25.4 Å². The number of nitrogens with one attached hydrogen (secondary N) is 2. The highest BCUT2D eigenvalue weighted by molar-refractivity contribution is 6.02. The van der Waals surface area contributed by atoms with E-state index < -0.39 is 47.6 Å². The molecular weight excluding hydrogens is 560 g/mol. The van der Waals surface area contributed by atoms with Crippen molar-refractivity contribution in [3.8, 4) is 0 Å². The molecule has 11 nitrogen and oxygen atoms in total. The van der Waals surface area contributed by atoms with Crippen molar-refractivity contribution in [3.63, 3.8) is 0 Å². The molecule has 11 heteroatoms. The van der Waals surface area contributed by atoms with Gasteiger partial charge in [-0.25, -0.2) is 4.68 Å². The molecule has 1 aromatic heterocycles. The number of benzene rings is 3. The van der Waals surface area contributed by atoms with E-state index >= 15 is 0 Å². The number of nitrogens with zero attached hydrogens (tertiary/aromatic N) is 4. The van der Waals surface area contributed by atoms with Crippen LogP contribution in [0.3, 0.4) is 0 Å². The van der Waals surface area contributed by atoms with E-state index in [-0.39, 0.29) is 18.5 Å². The minimum Gasteiger partial charge on any atom is -0.394 e. The highest BCUT2D eigenvalue weighted by atomic mass is 16.5. The summed E-state index contributed by atoms with van der Waals surface area (Å²) in [5.74, 6) is -2.84. The number of aromatic nitrogens is 3. The van der Waals surface area contributed by atoms with E-state index in [0.29, 0.717) is 36.0 Å². The van der Waals surface area contributed by atoms with Crippen molar-refractivity contribution in [3.05, 3.63) is 90.5 Å². The van der Waals surface area contributed by atoms with Gasteiger partial charge in [0.2, 0.25) is 17.7 Å². The number of carbonyl (C=O) groups is 3. The quantitative estimate of drug-likeness (QED) is 0.271. The SMILES string of the molecule is CC[C@@]12CCC3(O1)C(C(=O)NCn1nnc4ccccc41)N([C@H](CO)c1ccccc1)C(=O)[C@@H]3[C@@H]2C(=O)Nc1ccccc1. The third-order valence-corrected chi connectivity index (χ3v) is 9.71. The molecule has 6 atom stereocenters. The average Bonchev–Trinajstić information content (AvgIpc) is 3.79. The van der Waals surface area contributed by atoms with Crippen LogP contribution in [0.5, 0.6) is 0 Å². The number of para-hydroxylation sites is 2. The van der Waals surface area contributed by atoms with Crippen LogP contribution in [0.2, 0.25) is 0 Å². The van der Waals surface area contributed by atoms with Crippen molar-refractivity contribution in [1.82, 2.24) is 25.2 Å². The van der Waals surface area contributed by atoms with Crippen LogP contribution >= 0.6 is 0 Å². The minimum atomic E-state index is -1.25. The molecule has 1 spiro atoms. The molecule has 2 bridgehead atoms. The highest BCUT2D eigenvalue weighted by Crippen LogP contribution is 2.65. The number of carbonyl (C=O) groups excluding carboxylic acids is 3. The number of aliphatic hydroxyl groups excluding tert-OH is 1. The molecule has 2 unspecified atom stereocenters. The lowest BCUT2D eigenvalue weighted by Gasteiger charge is -2.37. The van der Waals surface area contributed by atoms with Crippen molar-refractivity contribution in [2.75, 3.05) is 11.9 Å². The summed E-state index contributed by atoms with van der Waals surface area (Å²) >= 11 is 0. The maximum absolute atomic E-state index is 14.6. The second kappa shape index (κ2) is 10.8. The molecule has 44 heavy (non-hydrogen) atoms. The number of fused-ring (bicyclic) bond motifs is 2. The molecule has 7 rings (SSSR count). The second-order valence-electron chi connectivity index (χ2n) is 11.8. The zero-order valence-corrected chi connectivity index (χ0v) is 24.3. The summed E-state index contributed by atoms with van der Waals surface area (Å²) in [7, 11) is 0. The van der Waals surface area contributed by atoms with E-state index in [0.717, 1.165) is 5.52 Å². The van der Waals surface area contributed by atoms with Crippen LogP contribution in [0.4, 0.5) is 5.69 Å². The standard InChI is InChI=1S/C33H34N6O5/c1-2-32-17-18-33(44-32)27(26(32)29(41)35-22-13-7-4-8-14-22)31(43)39(25(19-40)21-11-5-3-6-12-21)28(33)30(42)34-20-38-24-16-10-9-15-23(24)36-37-38/h3-16,25-28,40H,2,17-20H2,1H3,(H,34,42)(H,35,41)/t25-,26-,27+,28?,32+,33?/m1/s1. The van der Waals surface area contributed by atoms with E-state index in [9.17, 15) is 19.5 Å². The molecule has 4 heterocycles. The minimum absolute atomic E-state index is 0.0184. The average molecular weight is 595 g/mol. The van der Waals surface area contributed by atoms with Crippen molar-refractivity contribution < 1.29 is 24.2 Å². The van der Waals surface area contributed by atoms with Gasteiger partial charge in [-0.05, 0) is 49.1 Å². The number of anilines is 1. The maximum Gasteiger partial charge on any atom is 0.247 e. The fourth-order valence-corrected chi connectivity index (χ4v) is 7.74. The summed E-state index contributed by atoms with van der Waals surface area (Å²) in [4.78, 5) is 44.5. The van der Waals surface area contributed by atoms with Gasteiger partial charge in [0.15, 0.2) is 0 Å². The molecule has 226 valence electrons. The Kier molecular flexibility index (Phi) is 6.94. The fourth-order valence-electron chi connectivity index (χ4n) is 7.74. The van der Waals surface area contributed by atoms with Crippen molar-refractivity contribution in [2.45, 2.75) is 56.1 Å². The van der Waals surface area contributed by atoms with Crippen LogP contribution in [0, 0.1) is 11.8 Å². The summed E-state index contributed by atoms with van der Waals surface area (Å²) in [6, 6.07) is 23.8. The zero-order valence-electron chi connectivity index (χ0n) is 24.3. The van der Waals surface area contributed by atoms with Gasteiger partial charge in [0.1, 0.15) is 23.8 Å². The predicted molar refractivity (Wildman–Crippen MR) is 161 cm³/mol. The van der Waals surface area contributed by atoms with Crippen LogP contribution in [0.15, 0.2) is 84.9 Å². The number of aliphatic hydroxyl groups is 1. The normalized spacial score (nSPS) is 27.8. The van der Waals surface area contributed by atoms with Crippen molar-refractivity contribution in [2.24, 2.45) is 11.8 Å². The van der Waals surface area contributed by atoms with Crippen LogP contribution in [0.1, 0.15) is 37.8 Å². The largest absolute Gasteiger partial charge is 0.394 e. The monoisotopic (exact) mass is 594 g/mol. The van der Waals surface area contributed by atoms with Gasteiger partial charge in [-0.2, -0.15) is 0 Å². The number of amides is 3. The van der Waals surface area contributed by atoms with Gasteiger partial charge in [-0.1, -0.05) is 72.8 Å². The first-order valence-corrected chi connectivity index (χ1v) is 15.0. The van der Waals surface area contributed by atoms with Crippen LogP contribution in [-0.2, 0) is 25.8 Å². The molecule has 4 aromatic rings. The third-order valence-electron chi connectivity index (χ3n) is 9.71. The van der Waals surface area contributed by atoms with E-state index in [1.165, 1.54) is 4.90 Å². The second-order valence-corrected chi connectivity index (χ2v) is 11.8. The first kappa shape index (κ1) is 28.2. The van der Waals surface area contributed by atoms with E-state index in [2.05, 4.69) is 20.9 Å². The molecule has 3 amide bonds. The molecule has 0 radical (unpaired) electrons. The lowest BCUT2D eigenvalue weighted by atomic mass is 9.65. The Morgan fingerprint density at radius 3 is 2.43 bits per heavy atom. The number of ether oxygens (including phenoxy) is 1. The van der Waals surface area contributed by atoms with Gasteiger partial charge in [0.05, 0.1) is 35.6 Å². The molecule has 3 N–H and O–H groups in total. The summed E-state index contributed by atoms with van der Waals surface area (Å²) in [5, 5.41) is 25.0. The summed E-state index contributed by atoms with van der Waals surface area (Å²) in [5.41, 5.74) is 0.605. The van der Waals surface area contributed by atoms with E-state index in [1.807, 2.05) is 79.7 Å². The van der Waals surface area contributed by atoms with Crippen LogP contribution in [0.25, 0.3) is 11.0 Å². The van der Waals surface area contributed by atoms with Gasteiger partial charge >= 0.3 is 0 Å². The van der Waals surface area contributed by atoms with Crippen LogP contribution < -0.4 is 10.6 Å². The highest BCUT2D eigenvalue weighted by Gasteiger charge is 2.79. The molecular formula is C33H34N6O5. The Balaban J connectivity index is 1.28. The van der Waals surface area contributed by atoms with Crippen molar-refractivity contribution in [1.29, 1.82) is 0 Å². The Labute approximate surface area is 254 Å². The number of rotatable bonds is 9. The van der Waals surface area contributed by atoms with Gasteiger partial charge in [0, 0.05) is 5.69 Å². The Morgan fingerprint density at radius 2 is 1.70 bits per heavy atom. The Bertz CT molecular complexity index is 1710.